The van der Waals surface area contributed by atoms with Crippen LogP contribution in [0.2, 0.25) is 0 Å². The lowest BCUT2D eigenvalue weighted by Crippen LogP contribution is -2.41. The van der Waals surface area contributed by atoms with Crippen LogP contribution in [0.25, 0.3) is 10.8 Å². The zero-order valence-corrected chi connectivity index (χ0v) is 17.2. The lowest BCUT2D eigenvalue weighted by Gasteiger charge is -2.16. The van der Waals surface area contributed by atoms with Crippen molar-refractivity contribution in [1.82, 2.24) is 4.72 Å². The van der Waals surface area contributed by atoms with Gasteiger partial charge in [-0.3, -0.25) is 4.79 Å². The van der Waals surface area contributed by atoms with Crippen LogP contribution in [0.3, 0.4) is 0 Å². The second-order valence-corrected chi connectivity index (χ2v) is 8.77. The molecular weight excluding hydrogens is 404 g/mol. The highest BCUT2D eigenvalue weighted by atomic mass is 32.2. The summed E-state index contributed by atoms with van der Waals surface area (Å²) >= 11 is 0. The van der Waals surface area contributed by atoms with Crippen molar-refractivity contribution in [2.45, 2.75) is 24.3 Å². The predicted octanol–water partition coefficient (Wildman–Crippen LogP) is 3.31. The number of nitrogens with one attached hydrogen (secondary N) is 2. The Morgan fingerprint density at radius 2 is 1.67 bits per heavy atom. The van der Waals surface area contributed by atoms with E-state index in [4.69, 9.17) is 9.47 Å². The molecule has 1 amide bonds. The topological polar surface area (TPSA) is 93.7 Å². The second kappa shape index (κ2) is 8.33. The van der Waals surface area contributed by atoms with E-state index in [0.29, 0.717) is 30.4 Å². The van der Waals surface area contributed by atoms with Gasteiger partial charge in [-0.15, -0.1) is 0 Å². The Morgan fingerprint density at radius 3 is 2.47 bits per heavy atom. The molecule has 30 heavy (non-hydrogen) atoms. The van der Waals surface area contributed by atoms with E-state index in [1.54, 1.807) is 12.1 Å². The van der Waals surface area contributed by atoms with Crippen LogP contribution in [0, 0.1) is 0 Å². The van der Waals surface area contributed by atoms with Crippen LogP contribution in [0.4, 0.5) is 5.69 Å². The van der Waals surface area contributed by atoms with E-state index in [2.05, 4.69) is 10.0 Å². The Hall–Kier alpha value is -3.10. The van der Waals surface area contributed by atoms with E-state index in [9.17, 15) is 13.2 Å². The summed E-state index contributed by atoms with van der Waals surface area (Å²) < 4.78 is 39.0. The highest BCUT2D eigenvalue weighted by molar-refractivity contribution is 7.89. The number of ether oxygens (including phenoxy) is 2. The van der Waals surface area contributed by atoms with E-state index >= 15 is 0 Å². The number of fused-ring (bicyclic) bond motifs is 2. The molecule has 8 heteroatoms. The standard InChI is InChI=1S/C22H22N2O5S/c1-15(22(25)23-18-8-7-16-5-2-3-6-17(16)13-18)24-30(26,27)19-9-10-20-21(14-19)29-12-4-11-28-20/h2-3,5-10,13-15,24H,4,11-12H2,1H3,(H,23,25). The van der Waals surface area contributed by atoms with Gasteiger partial charge in [0.1, 0.15) is 0 Å². The maximum atomic E-state index is 12.8. The van der Waals surface area contributed by atoms with Gasteiger partial charge in [-0.05, 0) is 42.0 Å². The minimum atomic E-state index is -3.92. The Morgan fingerprint density at radius 1 is 0.933 bits per heavy atom. The molecule has 0 bridgehead atoms. The molecule has 156 valence electrons. The first-order chi connectivity index (χ1) is 14.4. The van der Waals surface area contributed by atoms with Gasteiger partial charge in [0.2, 0.25) is 15.9 Å². The molecule has 4 rings (SSSR count). The molecule has 3 aromatic carbocycles. The van der Waals surface area contributed by atoms with Crippen molar-refractivity contribution >= 4 is 32.4 Å². The maximum Gasteiger partial charge on any atom is 0.242 e. The van der Waals surface area contributed by atoms with E-state index in [0.717, 1.165) is 17.2 Å². The maximum absolute atomic E-state index is 12.8. The number of benzene rings is 3. The minimum Gasteiger partial charge on any atom is -0.490 e. The number of rotatable bonds is 5. The Labute approximate surface area is 175 Å². The molecule has 0 aliphatic carbocycles. The first-order valence-electron chi connectivity index (χ1n) is 9.64. The monoisotopic (exact) mass is 426 g/mol. The van der Waals surface area contributed by atoms with E-state index in [1.165, 1.54) is 19.1 Å². The summed E-state index contributed by atoms with van der Waals surface area (Å²) in [6, 6.07) is 16.7. The normalized spacial score (nSPS) is 14.7. The number of anilines is 1. The Balaban J connectivity index is 1.47. The molecule has 0 fully saturated rings. The fourth-order valence-electron chi connectivity index (χ4n) is 3.18. The van der Waals surface area contributed by atoms with Crippen LogP contribution >= 0.6 is 0 Å². The summed E-state index contributed by atoms with van der Waals surface area (Å²) in [7, 11) is -3.92. The number of sulfonamides is 1. The van der Waals surface area contributed by atoms with Gasteiger partial charge in [0, 0.05) is 18.2 Å². The van der Waals surface area contributed by atoms with Crippen molar-refractivity contribution in [3.8, 4) is 11.5 Å². The molecule has 1 unspecified atom stereocenters. The summed E-state index contributed by atoms with van der Waals surface area (Å²) in [6.07, 6.45) is 0.723. The second-order valence-electron chi connectivity index (χ2n) is 7.05. The quantitative estimate of drug-likeness (QED) is 0.653. The van der Waals surface area contributed by atoms with E-state index in [-0.39, 0.29) is 4.90 Å². The first-order valence-corrected chi connectivity index (χ1v) is 11.1. The number of carbonyl (C=O) groups is 1. The molecule has 3 aromatic rings. The highest BCUT2D eigenvalue weighted by Gasteiger charge is 2.24. The van der Waals surface area contributed by atoms with Gasteiger partial charge >= 0.3 is 0 Å². The summed E-state index contributed by atoms with van der Waals surface area (Å²) in [5, 5.41) is 4.79. The van der Waals surface area contributed by atoms with Crippen LogP contribution in [0.15, 0.2) is 65.6 Å². The molecule has 0 spiro atoms. The molecule has 1 heterocycles. The van der Waals surface area contributed by atoms with Crippen molar-refractivity contribution in [2.75, 3.05) is 18.5 Å². The molecule has 1 aliphatic heterocycles. The van der Waals surface area contributed by atoms with Crippen molar-refractivity contribution in [2.24, 2.45) is 0 Å². The lowest BCUT2D eigenvalue weighted by atomic mass is 10.1. The average molecular weight is 426 g/mol. The summed E-state index contributed by atoms with van der Waals surface area (Å²) in [5.41, 5.74) is 0.598. The molecule has 0 aromatic heterocycles. The van der Waals surface area contributed by atoms with Crippen molar-refractivity contribution in [1.29, 1.82) is 0 Å². The molecular formula is C22H22N2O5S. The summed E-state index contributed by atoms with van der Waals surface area (Å²) in [5.74, 6) is 0.431. The van der Waals surface area contributed by atoms with E-state index in [1.807, 2.05) is 36.4 Å². The highest BCUT2D eigenvalue weighted by Crippen LogP contribution is 2.32. The van der Waals surface area contributed by atoms with Crippen LogP contribution < -0.4 is 19.5 Å². The molecule has 7 nitrogen and oxygen atoms in total. The van der Waals surface area contributed by atoms with Crippen molar-refractivity contribution in [3.63, 3.8) is 0 Å². The fourth-order valence-corrected chi connectivity index (χ4v) is 4.40. The summed E-state index contributed by atoms with van der Waals surface area (Å²) in [6.45, 7) is 2.47. The zero-order valence-electron chi connectivity index (χ0n) is 16.4. The Kier molecular flexibility index (Phi) is 5.61. The van der Waals surface area contributed by atoms with Gasteiger partial charge in [0.15, 0.2) is 11.5 Å². The smallest absolute Gasteiger partial charge is 0.242 e. The number of amides is 1. The third-order valence-electron chi connectivity index (χ3n) is 4.77. The average Bonchev–Trinajstić information content (AvgIpc) is 2.98. The van der Waals surface area contributed by atoms with Crippen molar-refractivity contribution in [3.05, 3.63) is 60.7 Å². The zero-order chi connectivity index (χ0) is 21.1. The van der Waals surface area contributed by atoms with Gasteiger partial charge in [-0.25, -0.2) is 8.42 Å². The van der Waals surface area contributed by atoms with Crippen molar-refractivity contribution < 1.29 is 22.7 Å². The molecule has 0 radical (unpaired) electrons. The van der Waals surface area contributed by atoms with Gasteiger partial charge in [0.25, 0.3) is 0 Å². The number of hydrogen-bond acceptors (Lipinski definition) is 5. The van der Waals surface area contributed by atoms with E-state index < -0.39 is 22.0 Å². The van der Waals surface area contributed by atoms with Crippen LogP contribution in [-0.2, 0) is 14.8 Å². The van der Waals surface area contributed by atoms with Crippen LogP contribution in [0.1, 0.15) is 13.3 Å². The molecule has 2 N–H and O–H groups in total. The van der Waals surface area contributed by atoms with Gasteiger partial charge in [-0.1, -0.05) is 30.3 Å². The fraction of sp³-hybridized carbons (Fsp3) is 0.227. The molecule has 1 atom stereocenters. The van der Waals surface area contributed by atoms with Crippen LogP contribution in [-0.4, -0.2) is 33.6 Å². The Bertz CT molecular complexity index is 1190. The third kappa shape index (κ3) is 4.39. The molecule has 0 saturated carbocycles. The lowest BCUT2D eigenvalue weighted by molar-refractivity contribution is -0.117. The molecule has 0 saturated heterocycles. The van der Waals surface area contributed by atoms with Gasteiger partial charge in [0.05, 0.1) is 24.2 Å². The van der Waals surface area contributed by atoms with Crippen LogP contribution in [0.5, 0.6) is 11.5 Å². The van der Waals surface area contributed by atoms with Gasteiger partial charge < -0.3 is 14.8 Å². The minimum absolute atomic E-state index is 0.0112. The summed E-state index contributed by atoms with van der Waals surface area (Å²) in [4.78, 5) is 12.6. The predicted molar refractivity (Wildman–Crippen MR) is 114 cm³/mol. The third-order valence-corrected chi connectivity index (χ3v) is 6.31. The first kappa shape index (κ1) is 20.2. The largest absolute Gasteiger partial charge is 0.490 e. The number of carbonyl (C=O) groups excluding carboxylic acids is 1. The number of hydrogen-bond donors (Lipinski definition) is 2. The molecule has 1 aliphatic rings. The van der Waals surface area contributed by atoms with Gasteiger partial charge in [-0.2, -0.15) is 4.72 Å². The SMILES string of the molecule is CC(NS(=O)(=O)c1ccc2c(c1)OCCCO2)C(=O)Nc1ccc2ccccc2c1.